The van der Waals surface area contributed by atoms with Crippen LogP contribution in [0.25, 0.3) is 9.75 Å². The summed E-state index contributed by atoms with van der Waals surface area (Å²) in [7, 11) is 0. The molecule has 0 spiro atoms. The van der Waals surface area contributed by atoms with Crippen molar-refractivity contribution in [3.63, 3.8) is 0 Å². The molecule has 0 nitrogen and oxygen atoms in total. The van der Waals surface area contributed by atoms with Crippen LogP contribution in [0.3, 0.4) is 0 Å². The first-order valence-electron chi connectivity index (χ1n) is 3.27. The number of hydrogen-bond donors (Lipinski definition) is 0. The van der Waals surface area contributed by atoms with Crippen molar-refractivity contribution in [3.8, 4) is 9.75 Å². The highest BCUT2D eigenvalue weighted by molar-refractivity contribution is 14.1. The number of thiophene rings is 2. The van der Waals surface area contributed by atoms with Gasteiger partial charge in [0, 0.05) is 9.75 Å². The first kappa shape index (κ1) is 8.99. The van der Waals surface area contributed by atoms with E-state index >= 15 is 0 Å². The van der Waals surface area contributed by atoms with E-state index in [2.05, 4.69) is 40.8 Å². The minimum atomic E-state index is 0.855. The standard InChI is InChI=1S/C8H4ClIS2/c9-7-3-1-5(11-7)6-2-4-8(10)12-6/h1-4H. The average Bonchev–Trinajstić information content (AvgIpc) is 2.58. The van der Waals surface area contributed by atoms with Crippen LogP contribution in [-0.2, 0) is 0 Å². The monoisotopic (exact) mass is 326 g/mol. The van der Waals surface area contributed by atoms with Crippen LogP contribution in [0.15, 0.2) is 24.3 Å². The van der Waals surface area contributed by atoms with Gasteiger partial charge in [-0.2, -0.15) is 0 Å². The van der Waals surface area contributed by atoms with Gasteiger partial charge in [-0.15, -0.1) is 22.7 Å². The van der Waals surface area contributed by atoms with E-state index in [1.165, 1.54) is 12.6 Å². The molecule has 0 aromatic carbocycles. The van der Waals surface area contributed by atoms with E-state index in [4.69, 9.17) is 11.6 Å². The average molecular weight is 327 g/mol. The third-order valence-corrected chi connectivity index (χ3v) is 4.71. The molecule has 0 aliphatic carbocycles. The Hall–Kier alpha value is 0.420. The lowest BCUT2D eigenvalue weighted by atomic mass is 10.4. The number of hydrogen-bond acceptors (Lipinski definition) is 2. The molecule has 0 N–H and O–H groups in total. The highest BCUT2D eigenvalue weighted by Crippen LogP contribution is 2.35. The van der Waals surface area contributed by atoms with Crippen LogP contribution >= 0.6 is 56.9 Å². The molecule has 4 heteroatoms. The lowest BCUT2D eigenvalue weighted by molar-refractivity contribution is 1.91. The summed E-state index contributed by atoms with van der Waals surface area (Å²) in [5.41, 5.74) is 0. The van der Waals surface area contributed by atoms with Crippen molar-refractivity contribution < 1.29 is 0 Å². The molecule has 2 aromatic heterocycles. The molecule has 2 heterocycles. The van der Waals surface area contributed by atoms with Crippen molar-refractivity contribution in [1.82, 2.24) is 0 Å². The Morgan fingerprint density at radius 2 is 1.67 bits per heavy atom. The van der Waals surface area contributed by atoms with Crippen LogP contribution in [0.2, 0.25) is 4.34 Å². The number of rotatable bonds is 1. The first-order chi connectivity index (χ1) is 5.75. The van der Waals surface area contributed by atoms with E-state index in [1.54, 1.807) is 22.7 Å². The summed E-state index contributed by atoms with van der Waals surface area (Å²) in [6, 6.07) is 8.26. The third-order valence-electron chi connectivity index (χ3n) is 1.39. The van der Waals surface area contributed by atoms with E-state index < -0.39 is 0 Å². The van der Waals surface area contributed by atoms with Crippen LogP contribution in [0.4, 0.5) is 0 Å². The predicted molar refractivity (Wildman–Crippen MR) is 65.4 cm³/mol. The Morgan fingerprint density at radius 1 is 1.00 bits per heavy atom. The summed E-state index contributed by atoms with van der Waals surface area (Å²) in [4.78, 5) is 2.56. The maximum absolute atomic E-state index is 5.84. The zero-order valence-corrected chi connectivity index (χ0v) is 10.4. The second kappa shape index (κ2) is 3.65. The molecular weight excluding hydrogens is 323 g/mol. The minimum Gasteiger partial charge on any atom is -0.128 e. The van der Waals surface area contributed by atoms with Crippen molar-refractivity contribution in [2.45, 2.75) is 0 Å². The van der Waals surface area contributed by atoms with Gasteiger partial charge in [-0.05, 0) is 46.9 Å². The molecule has 0 aliphatic heterocycles. The highest BCUT2D eigenvalue weighted by atomic mass is 127. The first-order valence-corrected chi connectivity index (χ1v) is 6.36. The molecular formula is C8H4ClIS2. The van der Waals surface area contributed by atoms with Crippen molar-refractivity contribution in [2.24, 2.45) is 0 Å². The van der Waals surface area contributed by atoms with Gasteiger partial charge in [-0.3, -0.25) is 0 Å². The fourth-order valence-electron chi connectivity index (χ4n) is 0.893. The molecule has 0 atom stereocenters. The van der Waals surface area contributed by atoms with E-state index in [-0.39, 0.29) is 0 Å². The Labute approximate surface area is 97.3 Å². The fourth-order valence-corrected chi connectivity index (χ4v) is 3.65. The number of halogens is 2. The molecule has 0 amide bonds. The molecule has 0 fully saturated rings. The van der Waals surface area contributed by atoms with E-state index in [1.807, 2.05) is 6.07 Å². The Morgan fingerprint density at radius 3 is 2.17 bits per heavy atom. The summed E-state index contributed by atoms with van der Waals surface area (Å²) >= 11 is 11.6. The maximum Gasteiger partial charge on any atom is 0.0935 e. The Bertz CT molecular complexity index is 353. The summed E-state index contributed by atoms with van der Waals surface area (Å²) in [5.74, 6) is 0. The van der Waals surface area contributed by atoms with Gasteiger partial charge in [0.05, 0.1) is 7.22 Å². The Balaban J connectivity index is 2.43. The highest BCUT2D eigenvalue weighted by Gasteiger charge is 2.03. The Kier molecular flexibility index (Phi) is 2.74. The van der Waals surface area contributed by atoms with Crippen molar-refractivity contribution >= 4 is 56.9 Å². The normalized spacial score (nSPS) is 10.5. The van der Waals surface area contributed by atoms with Crippen LogP contribution in [0.1, 0.15) is 0 Å². The SMILES string of the molecule is Clc1ccc(-c2ccc(I)s2)s1. The van der Waals surface area contributed by atoms with E-state index in [0.717, 1.165) is 4.34 Å². The lowest BCUT2D eigenvalue weighted by Crippen LogP contribution is -1.55. The summed E-state index contributed by atoms with van der Waals surface area (Å²) in [5, 5.41) is 0. The third kappa shape index (κ3) is 1.84. The van der Waals surface area contributed by atoms with Gasteiger partial charge in [0.25, 0.3) is 0 Å². The molecule has 2 aromatic rings. The quantitative estimate of drug-likeness (QED) is 0.664. The van der Waals surface area contributed by atoms with E-state index in [0.29, 0.717) is 0 Å². The molecule has 2 rings (SSSR count). The maximum atomic E-state index is 5.84. The van der Waals surface area contributed by atoms with Crippen LogP contribution in [-0.4, -0.2) is 0 Å². The van der Waals surface area contributed by atoms with Gasteiger partial charge in [0.15, 0.2) is 0 Å². The molecule has 0 aliphatic rings. The predicted octanol–water partition coefficient (Wildman–Crippen LogP) is 4.73. The lowest BCUT2D eigenvalue weighted by Gasteiger charge is -1.86. The summed E-state index contributed by atoms with van der Waals surface area (Å²) in [6.45, 7) is 0. The minimum absolute atomic E-state index is 0.855. The smallest absolute Gasteiger partial charge is 0.0935 e. The molecule has 62 valence electrons. The van der Waals surface area contributed by atoms with Crippen LogP contribution in [0.5, 0.6) is 0 Å². The molecule has 0 unspecified atom stereocenters. The molecule has 12 heavy (non-hydrogen) atoms. The summed E-state index contributed by atoms with van der Waals surface area (Å²) in [6.07, 6.45) is 0. The largest absolute Gasteiger partial charge is 0.128 e. The van der Waals surface area contributed by atoms with E-state index in [9.17, 15) is 0 Å². The molecule has 0 saturated carbocycles. The molecule has 0 saturated heterocycles. The zero-order valence-electron chi connectivity index (χ0n) is 5.88. The second-order valence-electron chi connectivity index (χ2n) is 2.21. The van der Waals surface area contributed by atoms with Gasteiger partial charge >= 0.3 is 0 Å². The second-order valence-corrected chi connectivity index (χ2v) is 6.90. The van der Waals surface area contributed by atoms with Gasteiger partial charge in [0.2, 0.25) is 0 Å². The van der Waals surface area contributed by atoms with Gasteiger partial charge in [-0.1, -0.05) is 11.6 Å². The molecule has 0 bridgehead atoms. The fraction of sp³-hybridized carbons (Fsp3) is 0. The molecule has 0 radical (unpaired) electrons. The zero-order chi connectivity index (χ0) is 8.55. The summed E-state index contributed by atoms with van der Waals surface area (Å²) < 4.78 is 2.17. The van der Waals surface area contributed by atoms with Crippen molar-refractivity contribution in [2.75, 3.05) is 0 Å². The van der Waals surface area contributed by atoms with Gasteiger partial charge in [0.1, 0.15) is 0 Å². The van der Waals surface area contributed by atoms with Gasteiger partial charge < -0.3 is 0 Å². The van der Waals surface area contributed by atoms with Crippen LogP contribution in [0, 0.1) is 2.88 Å². The van der Waals surface area contributed by atoms with Crippen molar-refractivity contribution in [1.29, 1.82) is 0 Å². The topological polar surface area (TPSA) is 0 Å². The van der Waals surface area contributed by atoms with Crippen LogP contribution < -0.4 is 0 Å². The van der Waals surface area contributed by atoms with Crippen molar-refractivity contribution in [3.05, 3.63) is 31.5 Å². The van der Waals surface area contributed by atoms with Gasteiger partial charge in [-0.25, -0.2) is 0 Å².